The van der Waals surface area contributed by atoms with Gasteiger partial charge in [0.25, 0.3) is 0 Å². The van der Waals surface area contributed by atoms with Crippen molar-refractivity contribution in [2.24, 2.45) is 11.8 Å². The number of aliphatic hydroxyl groups excluding tert-OH is 1. The zero-order valence-electron chi connectivity index (χ0n) is 9.85. The van der Waals surface area contributed by atoms with Gasteiger partial charge in [0.2, 0.25) is 0 Å². The van der Waals surface area contributed by atoms with Crippen molar-refractivity contribution in [3.63, 3.8) is 0 Å². The summed E-state index contributed by atoms with van der Waals surface area (Å²) in [7, 11) is 0. The average Bonchev–Trinajstić information content (AvgIpc) is 2.08. The lowest BCUT2D eigenvalue weighted by atomic mass is 9.79. The average molecular weight is 251 g/mol. The molecule has 0 saturated carbocycles. The fourth-order valence-corrected chi connectivity index (χ4v) is 2.60. The zero-order chi connectivity index (χ0) is 11.8. The van der Waals surface area contributed by atoms with Crippen molar-refractivity contribution >= 4 is 23.2 Å². The predicted octanol–water partition coefficient (Wildman–Crippen LogP) is 3.92. The van der Waals surface area contributed by atoms with Crippen LogP contribution in [0.15, 0.2) is 11.1 Å². The van der Waals surface area contributed by atoms with Gasteiger partial charge in [0.15, 0.2) is 0 Å². The number of halogens is 2. The third kappa shape index (κ3) is 2.89. The molecule has 0 saturated heterocycles. The maximum atomic E-state index is 9.86. The molecule has 15 heavy (non-hydrogen) atoms. The molecule has 0 spiro atoms. The van der Waals surface area contributed by atoms with Gasteiger partial charge in [-0.3, -0.25) is 0 Å². The SMILES string of the molecule is CC(C)C1=C(C(C)C)CC(Cl)(Cl)C(O)C1. The van der Waals surface area contributed by atoms with Crippen LogP contribution in [0.25, 0.3) is 0 Å². The first-order chi connectivity index (χ1) is 6.75. The molecule has 0 fully saturated rings. The molecule has 0 aliphatic heterocycles. The molecule has 1 N–H and O–H groups in total. The number of alkyl halides is 2. The Morgan fingerprint density at radius 2 is 1.60 bits per heavy atom. The first-order valence-electron chi connectivity index (χ1n) is 5.53. The predicted molar refractivity (Wildman–Crippen MR) is 66.4 cm³/mol. The van der Waals surface area contributed by atoms with E-state index in [0.717, 1.165) is 0 Å². The summed E-state index contributed by atoms with van der Waals surface area (Å²) in [5.41, 5.74) is 2.65. The van der Waals surface area contributed by atoms with E-state index >= 15 is 0 Å². The van der Waals surface area contributed by atoms with E-state index in [1.165, 1.54) is 11.1 Å². The summed E-state index contributed by atoms with van der Waals surface area (Å²) < 4.78 is -1.00. The molecule has 1 unspecified atom stereocenters. The van der Waals surface area contributed by atoms with Gasteiger partial charge in [-0.1, -0.05) is 62.0 Å². The van der Waals surface area contributed by atoms with Crippen LogP contribution in [0.3, 0.4) is 0 Å². The molecule has 0 aromatic heterocycles. The van der Waals surface area contributed by atoms with Crippen LogP contribution in [0, 0.1) is 11.8 Å². The Morgan fingerprint density at radius 1 is 1.13 bits per heavy atom. The van der Waals surface area contributed by atoms with Gasteiger partial charge in [-0.2, -0.15) is 0 Å². The topological polar surface area (TPSA) is 20.2 Å². The van der Waals surface area contributed by atoms with Gasteiger partial charge < -0.3 is 5.11 Å². The van der Waals surface area contributed by atoms with Crippen molar-refractivity contribution in [1.29, 1.82) is 0 Å². The van der Waals surface area contributed by atoms with Gasteiger partial charge in [0, 0.05) is 6.42 Å². The van der Waals surface area contributed by atoms with Crippen LogP contribution in [0.2, 0.25) is 0 Å². The standard InChI is InChI=1S/C12H20Cl2O/c1-7(2)9-5-11(15)12(13,14)6-10(9)8(3)4/h7-8,11,15H,5-6H2,1-4H3. The molecule has 0 bridgehead atoms. The first kappa shape index (κ1) is 13.3. The van der Waals surface area contributed by atoms with Crippen LogP contribution in [-0.2, 0) is 0 Å². The second-order valence-corrected chi connectivity index (χ2v) is 6.56. The van der Waals surface area contributed by atoms with E-state index in [-0.39, 0.29) is 0 Å². The molecular weight excluding hydrogens is 231 g/mol. The lowest BCUT2D eigenvalue weighted by Gasteiger charge is -2.37. The van der Waals surface area contributed by atoms with Crippen molar-refractivity contribution in [3.8, 4) is 0 Å². The molecule has 1 rings (SSSR count). The number of hydrogen-bond acceptors (Lipinski definition) is 1. The highest BCUT2D eigenvalue weighted by atomic mass is 35.5. The Hall–Kier alpha value is 0.280. The fourth-order valence-electron chi connectivity index (χ4n) is 2.16. The molecular formula is C12H20Cl2O. The van der Waals surface area contributed by atoms with Gasteiger partial charge in [0.1, 0.15) is 4.33 Å². The largest absolute Gasteiger partial charge is 0.390 e. The van der Waals surface area contributed by atoms with Crippen LogP contribution < -0.4 is 0 Å². The van der Waals surface area contributed by atoms with Gasteiger partial charge in [-0.25, -0.2) is 0 Å². The van der Waals surface area contributed by atoms with E-state index in [0.29, 0.717) is 24.7 Å². The Morgan fingerprint density at radius 3 is 2.00 bits per heavy atom. The highest BCUT2D eigenvalue weighted by Gasteiger charge is 2.40. The van der Waals surface area contributed by atoms with Crippen LogP contribution in [0.5, 0.6) is 0 Å². The van der Waals surface area contributed by atoms with E-state index in [9.17, 15) is 5.11 Å². The summed E-state index contributed by atoms with van der Waals surface area (Å²) in [4.78, 5) is 0. The molecule has 0 radical (unpaired) electrons. The van der Waals surface area contributed by atoms with Crippen molar-refractivity contribution < 1.29 is 5.11 Å². The van der Waals surface area contributed by atoms with Crippen molar-refractivity contribution in [2.75, 3.05) is 0 Å². The van der Waals surface area contributed by atoms with Crippen molar-refractivity contribution in [3.05, 3.63) is 11.1 Å². The summed E-state index contributed by atoms with van der Waals surface area (Å²) in [6.45, 7) is 8.61. The van der Waals surface area contributed by atoms with Gasteiger partial charge in [0.05, 0.1) is 6.10 Å². The van der Waals surface area contributed by atoms with E-state index in [2.05, 4.69) is 27.7 Å². The third-order valence-electron chi connectivity index (χ3n) is 3.13. The van der Waals surface area contributed by atoms with E-state index in [1.54, 1.807) is 0 Å². The van der Waals surface area contributed by atoms with Gasteiger partial charge >= 0.3 is 0 Å². The summed E-state index contributed by atoms with van der Waals surface area (Å²) in [5, 5.41) is 9.86. The quantitative estimate of drug-likeness (QED) is 0.582. The maximum absolute atomic E-state index is 9.86. The Labute approximate surface area is 102 Å². The normalized spacial score (nSPS) is 26.6. The minimum absolute atomic E-state index is 0.451. The van der Waals surface area contributed by atoms with Crippen molar-refractivity contribution in [1.82, 2.24) is 0 Å². The Bertz CT molecular complexity index is 267. The molecule has 0 amide bonds. The maximum Gasteiger partial charge on any atom is 0.147 e. The van der Waals surface area contributed by atoms with E-state index in [4.69, 9.17) is 23.2 Å². The molecule has 3 heteroatoms. The van der Waals surface area contributed by atoms with Crippen LogP contribution in [0.4, 0.5) is 0 Å². The van der Waals surface area contributed by atoms with E-state index in [1.807, 2.05) is 0 Å². The molecule has 88 valence electrons. The monoisotopic (exact) mass is 250 g/mol. The molecule has 1 atom stereocenters. The summed E-state index contributed by atoms with van der Waals surface area (Å²) in [6.07, 6.45) is 0.557. The number of aliphatic hydroxyl groups is 1. The summed E-state index contributed by atoms with van der Waals surface area (Å²) in [5.74, 6) is 0.910. The highest BCUT2D eigenvalue weighted by molar-refractivity contribution is 6.49. The third-order valence-corrected chi connectivity index (χ3v) is 3.90. The van der Waals surface area contributed by atoms with Crippen LogP contribution in [0.1, 0.15) is 40.5 Å². The first-order valence-corrected chi connectivity index (χ1v) is 6.29. The second-order valence-electron chi connectivity index (χ2n) is 5.02. The van der Waals surface area contributed by atoms with Gasteiger partial charge in [-0.05, 0) is 18.3 Å². The van der Waals surface area contributed by atoms with Gasteiger partial charge in [-0.15, -0.1) is 0 Å². The number of hydrogen-bond donors (Lipinski definition) is 1. The van der Waals surface area contributed by atoms with Crippen LogP contribution in [-0.4, -0.2) is 15.5 Å². The number of rotatable bonds is 2. The smallest absolute Gasteiger partial charge is 0.147 e. The number of allylic oxidation sites excluding steroid dienone is 1. The molecule has 0 aromatic rings. The molecule has 0 heterocycles. The minimum atomic E-state index is -1.00. The zero-order valence-corrected chi connectivity index (χ0v) is 11.4. The minimum Gasteiger partial charge on any atom is -0.390 e. The van der Waals surface area contributed by atoms with E-state index < -0.39 is 10.4 Å². The fraction of sp³-hybridized carbons (Fsp3) is 0.833. The summed E-state index contributed by atoms with van der Waals surface area (Å²) in [6, 6.07) is 0. The molecule has 1 aliphatic rings. The lowest BCUT2D eigenvalue weighted by molar-refractivity contribution is 0.143. The Balaban J connectivity index is 3.06. The molecule has 1 nitrogen and oxygen atoms in total. The van der Waals surface area contributed by atoms with Crippen LogP contribution >= 0.6 is 23.2 Å². The Kier molecular flexibility index (Phi) is 4.13. The molecule has 0 aromatic carbocycles. The second kappa shape index (κ2) is 4.65. The summed E-state index contributed by atoms with van der Waals surface area (Å²) >= 11 is 12.2. The highest BCUT2D eigenvalue weighted by Crippen LogP contribution is 2.44. The lowest BCUT2D eigenvalue weighted by Crippen LogP contribution is -2.37. The van der Waals surface area contributed by atoms with Crippen molar-refractivity contribution in [2.45, 2.75) is 51.0 Å². The molecule has 1 aliphatic carbocycles.